The molecule has 0 atom stereocenters. The SMILES string of the molecule is C=CCCOCC. The first kappa shape index (κ1) is 6.70. The largest absolute Gasteiger partial charge is 0.381 e. The molecule has 42 valence electrons. The normalized spacial score (nSPS) is 8.71. The summed E-state index contributed by atoms with van der Waals surface area (Å²) in [5.41, 5.74) is 0. The van der Waals surface area contributed by atoms with Gasteiger partial charge in [0, 0.05) is 13.2 Å². The molecule has 0 heterocycles. The molecule has 1 nitrogen and oxygen atoms in total. The van der Waals surface area contributed by atoms with Gasteiger partial charge in [-0.05, 0) is 13.3 Å². The number of rotatable bonds is 4. The highest BCUT2D eigenvalue weighted by atomic mass is 16.5. The highest BCUT2D eigenvalue weighted by Crippen LogP contribution is 1.79. The lowest BCUT2D eigenvalue weighted by Gasteiger charge is -1.92. The molecule has 0 spiro atoms. The van der Waals surface area contributed by atoms with E-state index in [4.69, 9.17) is 4.74 Å². The van der Waals surface area contributed by atoms with Crippen molar-refractivity contribution in [1.29, 1.82) is 0 Å². The van der Waals surface area contributed by atoms with E-state index in [1.54, 1.807) is 0 Å². The van der Waals surface area contributed by atoms with Crippen LogP contribution in [0.15, 0.2) is 12.7 Å². The average molecular weight is 100 g/mol. The van der Waals surface area contributed by atoms with Gasteiger partial charge in [0.2, 0.25) is 0 Å². The average Bonchev–Trinajstić information content (AvgIpc) is 1.69. The van der Waals surface area contributed by atoms with E-state index in [0.717, 1.165) is 19.6 Å². The maximum Gasteiger partial charge on any atom is 0.0500 e. The molecule has 0 rings (SSSR count). The second-order valence-electron chi connectivity index (χ2n) is 1.27. The standard InChI is InChI=1S/C6H12O/c1-3-5-6-7-4-2/h3H,1,4-6H2,2H3. The Labute approximate surface area is 45.0 Å². The Kier molecular flexibility index (Phi) is 5.46. The molecule has 0 saturated heterocycles. The molecule has 0 aromatic heterocycles. The molecule has 0 saturated carbocycles. The molecule has 0 amide bonds. The topological polar surface area (TPSA) is 9.23 Å². The van der Waals surface area contributed by atoms with Crippen molar-refractivity contribution in [2.45, 2.75) is 13.3 Å². The zero-order valence-corrected chi connectivity index (χ0v) is 4.81. The summed E-state index contributed by atoms with van der Waals surface area (Å²) < 4.78 is 5.00. The fourth-order valence-corrected chi connectivity index (χ4v) is 0.311. The van der Waals surface area contributed by atoms with Gasteiger partial charge in [0.25, 0.3) is 0 Å². The van der Waals surface area contributed by atoms with Crippen LogP contribution in [0.5, 0.6) is 0 Å². The quantitative estimate of drug-likeness (QED) is 0.385. The van der Waals surface area contributed by atoms with Gasteiger partial charge in [-0.2, -0.15) is 0 Å². The van der Waals surface area contributed by atoms with Crippen LogP contribution in [0.2, 0.25) is 0 Å². The van der Waals surface area contributed by atoms with Crippen LogP contribution in [0.1, 0.15) is 13.3 Å². The maximum absolute atomic E-state index is 5.00. The van der Waals surface area contributed by atoms with Gasteiger partial charge >= 0.3 is 0 Å². The fraction of sp³-hybridized carbons (Fsp3) is 0.667. The van der Waals surface area contributed by atoms with Gasteiger partial charge in [-0.1, -0.05) is 6.08 Å². The highest BCUT2D eigenvalue weighted by molar-refractivity contribution is 4.64. The Hall–Kier alpha value is -0.300. The molecule has 0 aliphatic carbocycles. The third kappa shape index (κ3) is 5.70. The van der Waals surface area contributed by atoms with Gasteiger partial charge < -0.3 is 4.74 Å². The Balaban J connectivity index is 2.56. The number of hydrogen-bond donors (Lipinski definition) is 0. The van der Waals surface area contributed by atoms with Crippen LogP contribution in [-0.2, 0) is 4.74 Å². The molecule has 0 radical (unpaired) electrons. The predicted octanol–water partition coefficient (Wildman–Crippen LogP) is 1.60. The lowest BCUT2D eigenvalue weighted by Crippen LogP contribution is -1.89. The zero-order chi connectivity index (χ0) is 5.54. The molecule has 0 aromatic carbocycles. The Bertz CT molecular complexity index is 41.4. The van der Waals surface area contributed by atoms with Crippen molar-refractivity contribution in [2.75, 3.05) is 13.2 Å². The summed E-state index contributed by atoms with van der Waals surface area (Å²) in [6, 6.07) is 0. The van der Waals surface area contributed by atoms with E-state index >= 15 is 0 Å². The van der Waals surface area contributed by atoms with Crippen molar-refractivity contribution < 1.29 is 4.74 Å². The van der Waals surface area contributed by atoms with Crippen molar-refractivity contribution in [3.05, 3.63) is 12.7 Å². The van der Waals surface area contributed by atoms with Crippen molar-refractivity contribution in [1.82, 2.24) is 0 Å². The first-order valence-corrected chi connectivity index (χ1v) is 2.60. The van der Waals surface area contributed by atoms with Crippen LogP contribution in [0, 0.1) is 0 Å². The van der Waals surface area contributed by atoms with Crippen molar-refractivity contribution in [3.8, 4) is 0 Å². The van der Waals surface area contributed by atoms with Gasteiger partial charge in [-0.3, -0.25) is 0 Å². The summed E-state index contributed by atoms with van der Waals surface area (Å²) in [6.45, 7) is 7.17. The minimum absolute atomic E-state index is 0.813. The molecular weight excluding hydrogens is 88.1 g/mol. The van der Waals surface area contributed by atoms with E-state index in [9.17, 15) is 0 Å². The van der Waals surface area contributed by atoms with Crippen LogP contribution in [0.3, 0.4) is 0 Å². The highest BCUT2D eigenvalue weighted by Gasteiger charge is 1.75. The van der Waals surface area contributed by atoms with E-state index < -0.39 is 0 Å². The molecule has 0 fully saturated rings. The fourth-order valence-electron chi connectivity index (χ4n) is 0.311. The van der Waals surface area contributed by atoms with Gasteiger partial charge in [0.05, 0.1) is 0 Å². The van der Waals surface area contributed by atoms with Crippen molar-refractivity contribution >= 4 is 0 Å². The molecule has 0 N–H and O–H groups in total. The van der Waals surface area contributed by atoms with E-state index in [1.165, 1.54) is 0 Å². The second kappa shape index (κ2) is 5.70. The van der Waals surface area contributed by atoms with E-state index in [2.05, 4.69) is 6.58 Å². The molecule has 0 aliphatic heterocycles. The maximum atomic E-state index is 5.00. The summed E-state index contributed by atoms with van der Waals surface area (Å²) >= 11 is 0. The monoisotopic (exact) mass is 100 g/mol. The Morgan fingerprint density at radius 1 is 1.71 bits per heavy atom. The first-order valence-electron chi connectivity index (χ1n) is 2.60. The van der Waals surface area contributed by atoms with Crippen molar-refractivity contribution in [2.24, 2.45) is 0 Å². The molecule has 1 heteroatoms. The summed E-state index contributed by atoms with van der Waals surface area (Å²) in [6.07, 6.45) is 2.82. The number of ether oxygens (including phenoxy) is 1. The molecule has 0 unspecified atom stereocenters. The minimum atomic E-state index is 0.813. The van der Waals surface area contributed by atoms with E-state index in [-0.39, 0.29) is 0 Å². The van der Waals surface area contributed by atoms with Gasteiger partial charge in [-0.15, -0.1) is 6.58 Å². The zero-order valence-electron chi connectivity index (χ0n) is 4.81. The summed E-state index contributed by atoms with van der Waals surface area (Å²) in [4.78, 5) is 0. The molecule has 0 bridgehead atoms. The van der Waals surface area contributed by atoms with Gasteiger partial charge in [-0.25, -0.2) is 0 Å². The van der Waals surface area contributed by atoms with Crippen LogP contribution in [-0.4, -0.2) is 13.2 Å². The van der Waals surface area contributed by atoms with Crippen LogP contribution in [0.4, 0.5) is 0 Å². The second-order valence-corrected chi connectivity index (χ2v) is 1.27. The van der Waals surface area contributed by atoms with Crippen molar-refractivity contribution in [3.63, 3.8) is 0 Å². The summed E-state index contributed by atoms with van der Waals surface area (Å²) in [7, 11) is 0. The van der Waals surface area contributed by atoms with Crippen LogP contribution in [0.25, 0.3) is 0 Å². The summed E-state index contributed by atoms with van der Waals surface area (Å²) in [5.74, 6) is 0. The number of hydrogen-bond acceptors (Lipinski definition) is 1. The smallest absolute Gasteiger partial charge is 0.0500 e. The first-order chi connectivity index (χ1) is 3.41. The molecule has 7 heavy (non-hydrogen) atoms. The minimum Gasteiger partial charge on any atom is -0.381 e. The Morgan fingerprint density at radius 2 is 2.43 bits per heavy atom. The molecular formula is C6H12O. The summed E-state index contributed by atoms with van der Waals surface area (Å²) in [5, 5.41) is 0. The lowest BCUT2D eigenvalue weighted by molar-refractivity contribution is 0.152. The predicted molar refractivity (Wildman–Crippen MR) is 31.3 cm³/mol. The third-order valence-corrected chi connectivity index (χ3v) is 0.670. The van der Waals surface area contributed by atoms with Crippen LogP contribution >= 0.6 is 0 Å². The van der Waals surface area contributed by atoms with E-state index in [0.29, 0.717) is 0 Å². The van der Waals surface area contributed by atoms with E-state index in [1.807, 2.05) is 13.0 Å². The van der Waals surface area contributed by atoms with Gasteiger partial charge in [0.15, 0.2) is 0 Å². The lowest BCUT2D eigenvalue weighted by atomic mass is 10.5. The third-order valence-electron chi connectivity index (χ3n) is 0.670. The molecule has 0 aliphatic rings. The van der Waals surface area contributed by atoms with Gasteiger partial charge in [0.1, 0.15) is 0 Å². The Morgan fingerprint density at radius 3 is 2.86 bits per heavy atom. The van der Waals surface area contributed by atoms with Crippen LogP contribution < -0.4 is 0 Å². The molecule has 0 aromatic rings.